The molecule has 0 fully saturated rings. The molecule has 1 heterocycles. The molecule has 0 saturated carbocycles. The van der Waals surface area contributed by atoms with Crippen molar-refractivity contribution in [3.63, 3.8) is 0 Å². The van der Waals surface area contributed by atoms with Crippen LogP contribution in [0, 0.1) is 6.92 Å². The number of hydrogen-bond donors (Lipinski definition) is 1. The van der Waals surface area contributed by atoms with E-state index in [1.165, 1.54) is 13.2 Å². The van der Waals surface area contributed by atoms with Gasteiger partial charge in [0.25, 0.3) is 0 Å². The van der Waals surface area contributed by atoms with Crippen LogP contribution >= 0.6 is 0 Å². The second-order valence-corrected chi connectivity index (χ2v) is 6.53. The highest BCUT2D eigenvalue weighted by molar-refractivity contribution is 7.85. The zero-order valence-corrected chi connectivity index (χ0v) is 13.4. The van der Waals surface area contributed by atoms with Crippen LogP contribution in [0.5, 0.6) is 5.75 Å². The highest BCUT2D eigenvalue weighted by Gasteiger charge is 2.52. The van der Waals surface area contributed by atoms with Gasteiger partial charge >= 0.3 is 16.3 Å². The number of nitrogens with one attached hydrogen (secondary N) is 1. The lowest BCUT2D eigenvalue weighted by molar-refractivity contribution is -0.146. The molecule has 0 aliphatic carbocycles. The molecule has 1 atom stereocenters. The first-order valence-corrected chi connectivity index (χ1v) is 8.28. The third-order valence-electron chi connectivity index (χ3n) is 3.71. The summed E-state index contributed by atoms with van der Waals surface area (Å²) in [5.74, 6) is -0.638. The summed E-state index contributed by atoms with van der Waals surface area (Å²) >= 11 is 0. The number of methoxy groups -OCH3 is 1. The van der Waals surface area contributed by atoms with Crippen LogP contribution in [0.4, 0.5) is 0 Å². The third-order valence-corrected chi connectivity index (χ3v) is 4.67. The summed E-state index contributed by atoms with van der Waals surface area (Å²) in [6.45, 7) is 1.86. The standard InChI is InChI=1S/C16H15NO5S/c1-11-6-5-7-12(10-11)16(15(18)21-2)13-8-3-4-9-14(13)22-23(19,20)17-16/h3-10,17H,1-2H3/t16-/m1/s1. The lowest BCUT2D eigenvalue weighted by Gasteiger charge is -2.36. The molecule has 0 radical (unpaired) electrons. The molecule has 0 aromatic heterocycles. The first kappa shape index (κ1) is 15.5. The molecule has 2 aromatic rings. The topological polar surface area (TPSA) is 81.7 Å². The monoisotopic (exact) mass is 333 g/mol. The summed E-state index contributed by atoms with van der Waals surface area (Å²) in [6.07, 6.45) is 0. The summed E-state index contributed by atoms with van der Waals surface area (Å²) in [5, 5.41) is 0. The summed E-state index contributed by atoms with van der Waals surface area (Å²) in [7, 11) is -2.96. The Balaban J connectivity index is 2.38. The van der Waals surface area contributed by atoms with E-state index in [0.717, 1.165) is 5.56 Å². The van der Waals surface area contributed by atoms with Crippen LogP contribution in [0.1, 0.15) is 16.7 Å². The maximum atomic E-state index is 12.6. The molecule has 2 aromatic carbocycles. The molecular formula is C16H15NO5S. The molecule has 120 valence electrons. The van der Waals surface area contributed by atoms with E-state index in [0.29, 0.717) is 11.1 Å². The molecule has 6 nitrogen and oxygen atoms in total. The Morgan fingerprint density at radius 3 is 2.61 bits per heavy atom. The molecule has 1 aliphatic rings. The van der Waals surface area contributed by atoms with Crippen molar-refractivity contribution in [1.29, 1.82) is 0 Å². The number of carbonyl (C=O) groups is 1. The summed E-state index contributed by atoms with van der Waals surface area (Å²) < 4.78 is 36.6. The molecule has 1 N–H and O–H groups in total. The van der Waals surface area contributed by atoms with Gasteiger partial charge in [0.15, 0.2) is 5.54 Å². The van der Waals surface area contributed by atoms with Crippen LogP contribution in [0.2, 0.25) is 0 Å². The van der Waals surface area contributed by atoms with Crippen molar-refractivity contribution in [3.8, 4) is 5.75 Å². The maximum absolute atomic E-state index is 12.6. The van der Waals surface area contributed by atoms with Crippen molar-refractivity contribution in [2.75, 3.05) is 7.11 Å². The van der Waals surface area contributed by atoms with E-state index >= 15 is 0 Å². The minimum absolute atomic E-state index is 0.0955. The number of benzene rings is 2. The van der Waals surface area contributed by atoms with Crippen molar-refractivity contribution in [2.24, 2.45) is 0 Å². The van der Waals surface area contributed by atoms with Gasteiger partial charge in [0.2, 0.25) is 0 Å². The molecule has 0 saturated heterocycles. The van der Waals surface area contributed by atoms with Gasteiger partial charge in [-0.1, -0.05) is 48.0 Å². The average Bonchev–Trinajstić information content (AvgIpc) is 2.52. The van der Waals surface area contributed by atoms with E-state index in [9.17, 15) is 13.2 Å². The number of aryl methyl sites for hydroxylation is 1. The first-order chi connectivity index (χ1) is 10.9. The summed E-state index contributed by atoms with van der Waals surface area (Å²) in [6, 6.07) is 13.5. The van der Waals surface area contributed by atoms with Crippen LogP contribution in [-0.2, 0) is 25.4 Å². The quantitative estimate of drug-likeness (QED) is 0.845. The van der Waals surface area contributed by atoms with Gasteiger partial charge in [-0.3, -0.25) is 0 Å². The van der Waals surface area contributed by atoms with E-state index < -0.39 is 21.8 Å². The fourth-order valence-corrected chi connectivity index (χ4v) is 3.86. The Labute approximate surface area is 134 Å². The van der Waals surface area contributed by atoms with Gasteiger partial charge in [-0.25, -0.2) is 4.79 Å². The minimum atomic E-state index is -4.17. The van der Waals surface area contributed by atoms with Crippen molar-refractivity contribution in [2.45, 2.75) is 12.5 Å². The minimum Gasteiger partial charge on any atom is -0.467 e. The Morgan fingerprint density at radius 2 is 1.91 bits per heavy atom. The number of esters is 1. The van der Waals surface area contributed by atoms with Gasteiger partial charge in [-0.05, 0) is 18.6 Å². The molecule has 0 bridgehead atoms. The number of carbonyl (C=O) groups excluding carboxylic acids is 1. The lowest BCUT2D eigenvalue weighted by atomic mass is 9.82. The van der Waals surface area contributed by atoms with E-state index in [-0.39, 0.29) is 5.75 Å². The van der Waals surface area contributed by atoms with Crippen LogP contribution in [-0.4, -0.2) is 21.5 Å². The molecule has 23 heavy (non-hydrogen) atoms. The van der Waals surface area contributed by atoms with Gasteiger partial charge in [-0.15, -0.1) is 0 Å². The number of ether oxygens (including phenoxy) is 1. The van der Waals surface area contributed by atoms with E-state index in [1.54, 1.807) is 36.4 Å². The van der Waals surface area contributed by atoms with Crippen LogP contribution < -0.4 is 8.91 Å². The van der Waals surface area contributed by atoms with Crippen molar-refractivity contribution >= 4 is 16.3 Å². The van der Waals surface area contributed by atoms with Crippen LogP contribution in [0.3, 0.4) is 0 Å². The summed E-state index contributed by atoms with van der Waals surface area (Å²) in [4.78, 5) is 12.6. The summed E-state index contributed by atoms with van der Waals surface area (Å²) in [5.41, 5.74) is 0.0407. The van der Waals surface area contributed by atoms with Gasteiger partial charge in [0.1, 0.15) is 5.75 Å². The molecule has 3 rings (SSSR count). The maximum Gasteiger partial charge on any atom is 0.384 e. The Kier molecular flexibility index (Phi) is 3.62. The second kappa shape index (κ2) is 5.36. The highest BCUT2D eigenvalue weighted by atomic mass is 32.2. The number of hydrogen-bond acceptors (Lipinski definition) is 5. The number of rotatable bonds is 2. The predicted molar refractivity (Wildman–Crippen MR) is 83.1 cm³/mol. The van der Waals surface area contributed by atoms with Gasteiger partial charge in [0.05, 0.1) is 7.11 Å². The Hall–Kier alpha value is -2.38. The smallest absolute Gasteiger partial charge is 0.384 e. The van der Waals surface area contributed by atoms with E-state index in [2.05, 4.69) is 4.72 Å². The van der Waals surface area contributed by atoms with Crippen molar-refractivity contribution in [1.82, 2.24) is 4.72 Å². The molecule has 0 amide bonds. The van der Waals surface area contributed by atoms with Gasteiger partial charge in [-0.2, -0.15) is 13.1 Å². The Bertz CT molecular complexity index is 878. The van der Waals surface area contributed by atoms with Gasteiger partial charge < -0.3 is 8.92 Å². The van der Waals surface area contributed by atoms with Crippen molar-refractivity contribution < 1.29 is 22.1 Å². The van der Waals surface area contributed by atoms with E-state index in [1.807, 2.05) is 13.0 Å². The van der Waals surface area contributed by atoms with Crippen LogP contribution in [0.25, 0.3) is 0 Å². The van der Waals surface area contributed by atoms with Crippen LogP contribution in [0.15, 0.2) is 48.5 Å². The normalized spacial score (nSPS) is 21.8. The molecule has 0 spiro atoms. The molecular weight excluding hydrogens is 318 g/mol. The fourth-order valence-electron chi connectivity index (χ4n) is 2.75. The van der Waals surface area contributed by atoms with Gasteiger partial charge in [0, 0.05) is 5.56 Å². The fraction of sp³-hybridized carbons (Fsp3) is 0.188. The number of para-hydroxylation sites is 1. The molecule has 7 heteroatoms. The molecule has 1 aliphatic heterocycles. The zero-order valence-electron chi connectivity index (χ0n) is 12.6. The predicted octanol–water partition coefficient (Wildman–Crippen LogP) is 1.64. The lowest BCUT2D eigenvalue weighted by Crippen LogP contribution is -2.57. The van der Waals surface area contributed by atoms with E-state index in [4.69, 9.17) is 8.92 Å². The number of fused-ring (bicyclic) bond motifs is 1. The first-order valence-electron chi connectivity index (χ1n) is 6.87. The Morgan fingerprint density at radius 1 is 1.17 bits per heavy atom. The third kappa shape index (κ3) is 2.47. The SMILES string of the molecule is COC(=O)[C@]1(c2cccc(C)c2)NS(=O)(=O)Oc2ccccc21. The van der Waals surface area contributed by atoms with Crippen molar-refractivity contribution in [3.05, 3.63) is 65.2 Å². The highest BCUT2D eigenvalue weighted by Crippen LogP contribution is 2.41. The second-order valence-electron chi connectivity index (χ2n) is 5.25. The molecule has 0 unspecified atom stereocenters. The average molecular weight is 333 g/mol. The zero-order chi connectivity index (χ0) is 16.7. The largest absolute Gasteiger partial charge is 0.467 e.